The number of benzene rings is 1. The van der Waals surface area contributed by atoms with Gasteiger partial charge in [0, 0.05) is 6.54 Å². The lowest BCUT2D eigenvalue weighted by Gasteiger charge is -2.10. The number of hydrogen-bond acceptors (Lipinski definition) is 3. The molecule has 0 aromatic heterocycles. The summed E-state index contributed by atoms with van der Waals surface area (Å²) < 4.78 is 48.9. The summed E-state index contributed by atoms with van der Waals surface area (Å²) in [5.41, 5.74) is -0.585. The van der Waals surface area contributed by atoms with Crippen molar-refractivity contribution in [2.75, 3.05) is 11.9 Å². The van der Waals surface area contributed by atoms with Gasteiger partial charge in [-0.1, -0.05) is 0 Å². The molecule has 1 aromatic rings. The first-order valence-electron chi connectivity index (χ1n) is 4.96. The van der Waals surface area contributed by atoms with Crippen LogP contribution in [0.2, 0.25) is 0 Å². The molecule has 0 fully saturated rings. The van der Waals surface area contributed by atoms with E-state index < -0.39 is 35.6 Å². The van der Waals surface area contributed by atoms with E-state index in [1.54, 1.807) is 0 Å². The van der Waals surface area contributed by atoms with Gasteiger partial charge < -0.3 is 5.32 Å². The van der Waals surface area contributed by atoms with Crippen molar-refractivity contribution in [3.63, 3.8) is 0 Å². The van der Waals surface area contributed by atoms with Gasteiger partial charge in [-0.25, -0.2) is 4.39 Å². The molecule has 0 aliphatic carbocycles. The van der Waals surface area contributed by atoms with Crippen LogP contribution in [0.25, 0.3) is 0 Å². The molecule has 0 radical (unpaired) electrons. The number of nitro groups is 1. The first-order valence-corrected chi connectivity index (χ1v) is 4.96. The Morgan fingerprint density at radius 1 is 1.39 bits per heavy atom. The minimum absolute atomic E-state index is 0.120. The Bertz CT molecular complexity index is 460. The fourth-order valence-electron chi connectivity index (χ4n) is 1.30. The third-order valence-electron chi connectivity index (χ3n) is 2.20. The largest absolute Gasteiger partial charge is 0.390 e. The SMILES string of the molecule is Cc1cc(NCCC(F)(F)F)c([N+](=O)[O-])cc1F. The Balaban J connectivity index is 2.87. The Labute approximate surface area is 99.8 Å². The van der Waals surface area contributed by atoms with Gasteiger partial charge in [-0.2, -0.15) is 13.2 Å². The van der Waals surface area contributed by atoms with Crippen LogP contribution in [0.3, 0.4) is 0 Å². The van der Waals surface area contributed by atoms with Crippen LogP contribution in [0.4, 0.5) is 28.9 Å². The highest BCUT2D eigenvalue weighted by atomic mass is 19.4. The number of aryl methyl sites for hydroxylation is 1. The Morgan fingerprint density at radius 3 is 2.50 bits per heavy atom. The summed E-state index contributed by atoms with van der Waals surface area (Å²) in [7, 11) is 0. The van der Waals surface area contributed by atoms with E-state index in [-0.39, 0.29) is 11.3 Å². The summed E-state index contributed by atoms with van der Waals surface area (Å²) in [6, 6.07) is 1.80. The van der Waals surface area contributed by atoms with Crippen molar-refractivity contribution in [1.82, 2.24) is 0 Å². The maximum Gasteiger partial charge on any atom is 0.390 e. The third kappa shape index (κ3) is 3.86. The lowest BCUT2D eigenvalue weighted by atomic mass is 10.1. The van der Waals surface area contributed by atoms with E-state index in [1.165, 1.54) is 6.92 Å². The van der Waals surface area contributed by atoms with Crippen LogP contribution in [0.15, 0.2) is 12.1 Å². The minimum atomic E-state index is -4.35. The minimum Gasteiger partial charge on any atom is -0.379 e. The van der Waals surface area contributed by atoms with E-state index >= 15 is 0 Å². The predicted octanol–water partition coefficient (Wildman–Crippen LogP) is 3.41. The second-order valence-electron chi connectivity index (χ2n) is 3.67. The highest BCUT2D eigenvalue weighted by Crippen LogP contribution is 2.28. The fourth-order valence-corrected chi connectivity index (χ4v) is 1.30. The number of alkyl halides is 3. The molecule has 0 aliphatic heterocycles. The molecular weight excluding hydrogens is 256 g/mol. The van der Waals surface area contributed by atoms with Gasteiger partial charge in [0.1, 0.15) is 11.5 Å². The molecule has 1 aromatic carbocycles. The van der Waals surface area contributed by atoms with Gasteiger partial charge in [0.05, 0.1) is 17.4 Å². The number of anilines is 1. The van der Waals surface area contributed by atoms with E-state index in [9.17, 15) is 27.7 Å². The molecule has 1 N–H and O–H groups in total. The van der Waals surface area contributed by atoms with Gasteiger partial charge in [-0.05, 0) is 18.6 Å². The zero-order chi connectivity index (χ0) is 13.9. The standard InChI is InChI=1S/C10H10F4N2O2/c1-6-4-8(15-3-2-10(12,13)14)9(16(17)18)5-7(6)11/h4-5,15H,2-3H2,1H3. The number of nitrogens with zero attached hydrogens (tertiary/aromatic N) is 1. The summed E-state index contributed by atoms with van der Waals surface area (Å²) in [5, 5.41) is 12.9. The molecule has 1 rings (SSSR count). The number of hydrogen-bond donors (Lipinski definition) is 1. The molecule has 0 amide bonds. The number of nitro benzene ring substituents is 1. The molecule has 4 nitrogen and oxygen atoms in total. The molecule has 0 bridgehead atoms. The van der Waals surface area contributed by atoms with Crippen LogP contribution in [-0.4, -0.2) is 17.6 Å². The molecule has 0 spiro atoms. The van der Waals surface area contributed by atoms with E-state index in [1.807, 2.05) is 0 Å². The van der Waals surface area contributed by atoms with Gasteiger partial charge >= 0.3 is 6.18 Å². The second-order valence-corrected chi connectivity index (χ2v) is 3.67. The van der Waals surface area contributed by atoms with Crippen LogP contribution < -0.4 is 5.32 Å². The summed E-state index contributed by atoms with van der Waals surface area (Å²) in [6.07, 6.45) is -5.47. The Morgan fingerprint density at radius 2 is 2.00 bits per heavy atom. The lowest BCUT2D eigenvalue weighted by molar-refractivity contribution is -0.384. The highest BCUT2D eigenvalue weighted by Gasteiger charge is 2.27. The first kappa shape index (κ1) is 14.2. The maximum atomic E-state index is 13.1. The zero-order valence-corrected chi connectivity index (χ0v) is 9.34. The molecule has 0 saturated heterocycles. The number of halogens is 4. The normalized spacial score (nSPS) is 11.4. The highest BCUT2D eigenvalue weighted by molar-refractivity contribution is 5.63. The third-order valence-corrected chi connectivity index (χ3v) is 2.20. The van der Waals surface area contributed by atoms with E-state index in [4.69, 9.17) is 0 Å². The van der Waals surface area contributed by atoms with Crippen molar-refractivity contribution < 1.29 is 22.5 Å². The van der Waals surface area contributed by atoms with Crippen molar-refractivity contribution in [2.24, 2.45) is 0 Å². The summed E-state index contributed by atoms with van der Waals surface area (Å²) in [5.74, 6) is -0.775. The van der Waals surface area contributed by atoms with Crippen LogP contribution in [0.5, 0.6) is 0 Å². The van der Waals surface area contributed by atoms with Crippen LogP contribution >= 0.6 is 0 Å². The maximum absolute atomic E-state index is 13.1. The quantitative estimate of drug-likeness (QED) is 0.516. The van der Waals surface area contributed by atoms with Gasteiger partial charge in [-0.15, -0.1) is 0 Å². The molecule has 0 heterocycles. The Kier molecular flexibility index (Phi) is 4.10. The van der Waals surface area contributed by atoms with Crippen molar-refractivity contribution in [3.8, 4) is 0 Å². The van der Waals surface area contributed by atoms with Gasteiger partial charge in [0.2, 0.25) is 0 Å². The molecule has 0 unspecified atom stereocenters. The van der Waals surface area contributed by atoms with E-state index in [0.29, 0.717) is 6.07 Å². The molecule has 0 atom stereocenters. The smallest absolute Gasteiger partial charge is 0.379 e. The van der Waals surface area contributed by atoms with Gasteiger partial charge in [0.15, 0.2) is 0 Å². The number of nitrogens with one attached hydrogen (secondary N) is 1. The van der Waals surface area contributed by atoms with Gasteiger partial charge in [-0.3, -0.25) is 10.1 Å². The average molecular weight is 266 g/mol. The first-order chi connectivity index (χ1) is 8.20. The van der Waals surface area contributed by atoms with E-state index in [0.717, 1.165) is 6.07 Å². The molecule has 8 heteroatoms. The van der Waals surface area contributed by atoms with Crippen LogP contribution in [0.1, 0.15) is 12.0 Å². The second kappa shape index (κ2) is 5.19. The lowest BCUT2D eigenvalue weighted by Crippen LogP contribution is -2.15. The van der Waals surface area contributed by atoms with Crippen molar-refractivity contribution in [2.45, 2.75) is 19.5 Å². The van der Waals surface area contributed by atoms with Crippen molar-refractivity contribution in [1.29, 1.82) is 0 Å². The summed E-state index contributed by atoms with van der Waals surface area (Å²) >= 11 is 0. The van der Waals surface area contributed by atoms with Gasteiger partial charge in [0.25, 0.3) is 5.69 Å². The molecule has 18 heavy (non-hydrogen) atoms. The summed E-state index contributed by atoms with van der Waals surface area (Å²) in [4.78, 5) is 9.77. The molecule has 100 valence electrons. The predicted molar refractivity (Wildman–Crippen MR) is 57.0 cm³/mol. The Hall–Kier alpha value is -1.86. The van der Waals surface area contributed by atoms with Crippen LogP contribution in [-0.2, 0) is 0 Å². The average Bonchev–Trinajstić information content (AvgIpc) is 2.20. The van der Waals surface area contributed by atoms with Crippen LogP contribution in [0, 0.1) is 22.9 Å². The molecule has 0 aliphatic rings. The molecular formula is C10H10F4N2O2. The van der Waals surface area contributed by atoms with Crippen molar-refractivity contribution >= 4 is 11.4 Å². The number of rotatable bonds is 4. The van der Waals surface area contributed by atoms with E-state index in [2.05, 4.69) is 5.32 Å². The summed E-state index contributed by atoms with van der Waals surface area (Å²) in [6.45, 7) is 0.864. The topological polar surface area (TPSA) is 55.2 Å². The monoisotopic (exact) mass is 266 g/mol. The zero-order valence-electron chi connectivity index (χ0n) is 9.34. The van der Waals surface area contributed by atoms with Crippen molar-refractivity contribution in [3.05, 3.63) is 33.6 Å². The molecule has 0 saturated carbocycles. The fraction of sp³-hybridized carbons (Fsp3) is 0.400.